The molecule has 0 N–H and O–H groups in total. The molecule has 3 rings (SSSR count). The predicted octanol–water partition coefficient (Wildman–Crippen LogP) is 2.74. The summed E-state index contributed by atoms with van der Waals surface area (Å²) >= 11 is 0. The number of rotatable bonds is 11. The van der Waals surface area contributed by atoms with Gasteiger partial charge in [0.05, 0.1) is 26.1 Å². The van der Waals surface area contributed by atoms with E-state index in [1.807, 2.05) is 60.7 Å². The minimum absolute atomic E-state index is 0.0656. The van der Waals surface area contributed by atoms with Crippen LogP contribution in [0.5, 0.6) is 0 Å². The molecule has 11 heteroatoms. The van der Waals surface area contributed by atoms with Gasteiger partial charge >= 0.3 is 5.97 Å². The van der Waals surface area contributed by atoms with E-state index >= 15 is 0 Å². The maximum absolute atomic E-state index is 12.4. The molecule has 10 nitrogen and oxygen atoms in total. The van der Waals surface area contributed by atoms with Crippen LogP contribution < -0.4 is 0 Å². The summed E-state index contributed by atoms with van der Waals surface area (Å²) in [7, 11) is -3.99. The zero-order chi connectivity index (χ0) is 23.0. The van der Waals surface area contributed by atoms with Gasteiger partial charge in [-0.05, 0) is 16.7 Å². The van der Waals surface area contributed by atoms with Gasteiger partial charge in [-0.1, -0.05) is 65.8 Å². The third-order valence-corrected chi connectivity index (χ3v) is 5.21. The molecular weight excluding hydrogens is 438 g/mol. The van der Waals surface area contributed by atoms with Crippen molar-refractivity contribution < 1.29 is 31.6 Å². The van der Waals surface area contributed by atoms with E-state index in [-0.39, 0.29) is 19.8 Å². The molecule has 0 saturated carbocycles. The average molecular weight is 461 g/mol. The second-order valence-electron chi connectivity index (χ2n) is 7.16. The van der Waals surface area contributed by atoms with Crippen LogP contribution >= 0.6 is 0 Å². The van der Waals surface area contributed by atoms with Gasteiger partial charge < -0.3 is 14.2 Å². The Labute approximate surface area is 185 Å². The number of benzene rings is 2. The number of hydrogen-bond donors (Lipinski definition) is 0. The summed E-state index contributed by atoms with van der Waals surface area (Å²) in [6, 6.07) is 17.5. The fourth-order valence-electron chi connectivity index (χ4n) is 3.24. The minimum Gasteiger partial charge on any atom is -0.457 e. The van der Waals surface area contributed by atoms with E-state index in [2.05, 4.69) is 10.0 Å². The lowest BCUT2D eigenvalue weighted by molar-refractivity contribution is -0.147. The zero-order valence-electron chi connectivity index (χ0n) is 17.3. The normalized spacial score (nSPS) is 21.5. The Morgan fingerprint density at radius 2 is 1.66 bits per heavy atom. The molecule has 32 heavy (non-hydrogen) atoms. The van der Waals surface area contributed by atoms with Crippen molar-refractivity contribution in [3.05, 3.63) is 82.2 Å². The summed E-state index contributed by atoms with van der Waals surface area (Å²) in [5, 5.41) is 3.70. The fraction of sp³-hybridized carbons (Fsp3) is 0.381. The number of carbonyl (C=O) groups excluding carboxylic acids is 1. The van der Waals surface area contributed by atoms with Crippen molar-refractivity contribution in [3.8, 4) is 0 Å². The number of hydrogen-bond acceptors (Lipinski definition) is 8. The number of carbonyl (C=O) groups is 1. The lowest BCUT2D eigenvalue weighted by atomic mass is 10.0. The van der Waals surface area contributed by atoms with Crippen LogP contribution in [0.15, 0.2) is 65.8 Å². The van der Waals surface area contributed by atoms with E-state index in [4.69, 9.17) is 23.9 Å². The average Bonchev–Trinajstić information content (AvgIpc) is 3.07. The highest BCUT2D eigenvalue weighted by atomic mass is 32.2. The van der Waals surface area contributed by atoms with Gasteiger partial charge in [0.2, 0.25) is 6.10 Å². The maximum atomic E-state index is 12.4. The molecular formula is C21H23N3O7S. The summed E-state index contributed by atoms with van der Waals surface area (Å²) < 4.78 is 45.2. The van der Waals surface area contributed by atoms with Gasteiger partial charge in [-0.25, -0.2) is 4.79 Å². The van der Waals surface area contributed by atoms with Gasteiger partial charge in [0.15, 0.2) is 0 Å². The molecule has 2 aromatic carbocycles. The molecule has 0 aliphatic carbocycles. The first-order valence-electron chi connectivity index (χ1n) is 9.77. The predicted molar refractivity (Wildman–Crippen MR) is 114 cm³/mol. The van der Waals surface area contributed by atoms with Crippen LogP contribution in [0.1, 0.15) is 11.1 Å². The molecule has 0 bridgehead atoms. The Hall–Kier alpha value is -2.95. The molecule has 2 aromatic rings. The Morgan fingerprint density at radius 1 is 1.06 bits per heavy atom. The maximum Gasteiger partial charge on any atom is 0.340 e. The molecule has 0 unspecified atom stereocenters. The van der Waals surface area contributed by atoms with Crippen molar-refractivity contribution >= 4 is 16.1 Å². The van der Waals surface area contributed by atoms with Crippen LogP contribution in [0.2, 0.25) is 0 Å². The first kappa shape index (κ1) is 23.7. The highest BCUT2D eigenvalue weighted by Gasteiger charge is 2.51. The van der Waals surface area contributed by atoms with E-state index in [0.29, 0.717) is 0 Å². The SMILES string of the molecule is CS(=O)(=O)O[C@@H]1C(=O)O[C@H]([C@@H](COCc2ccccc2)N=[N+]=[N-])[C@H]1OCc1ccccc1. The van der Waals surface area contributed by atoms with Crippen LogP contribution in [0.25, 0.3) is 10.4 Å². The van der Waals surface area contributed by atoms with E-state index in [9.17, 15) is 13.2 Å². The lowest BCUT2D eigenvalue weighted by Crippen LogP contribution is -2.43. The Bertz CT molecular complexity index is 1040. The van der Waals surface area contributed by atoms with Crippen molar-refractivity contribution in [1.82, 2.24) is 0 Å². The first-order valence-corrected chi connectivity index (χ1v) is 11.6. The molecule has 1 heterocycles. The summed E-state index contributed by atoms with van der Waals surface area (Å²) in [4.78, 5) is 15.2. The number of ether oxygens (including phenoxy) is 3. The second kappa shape index (κ2) is 11.1. The molecule has 1 aliphatic rings. The lowest BCUT2D eigenvalue weighted by Gasteiger charge is -2.25. The van der Waals surface area contributed by atoms with Gasteiger partial charge in [0, 0.05) is 4.91 Å². The minimum atomic E-state index is -3.99. The summed E-state index contributed by atoms with van der Waals surface area (Å²) in [6.07, 6.45) is -2.92. The van der Waals surface area contributed by atoms with E-state index < -0.39 is 40.4 Å². The first-order chi connectivity index (χ1) is 15.4. The molecule has 170 valence electrons. The van der Waals surface area contributed by atoms with Crippen molar-refractivity contribution in [3.63, 3.8) is 0 Å². The van der Waals surface area contributed by atoms with Crippen molar-refractivity contribution in [2.75, 3.05) is 12.9 Å². The standard InChI is InChI=1S/C21H23N3O7S/c1-32(26,27)31-20-19(29-13-16-10-6-3-7-11-16)18(30-21(20)25)17(23-24-22)14-28-12-15-8-4-2-5-9-15/h2-11,17-20H,12-14H2,1H3/t17-,18-,19-,20+/m1/s1. The van der Waals surface area contributed by atoms with Crippen LogP contribution in [-0.4, -0.2) is 51.6 Å². The van der Waals surface area contributed by atoms with Gasteiger partial charge in [-0.15, -0.1) is 0 Å². The highest BCUT2D eigenvalue weighted by molar-refractivity contribution is 7.86. The molecule has 1 fully saturated rings. The Morgan fingerprint density at radius 3 is 2.22 bits per heavy atom. The number of esters is 1. The van der Waals surface area contributed by atoms with Gasteiger partial charge in [-0.3, -0.25) is 4.18 Å². The molecule has 0 radical (unpaired) electrons. The van der Waals surface area contributed by atoms with Crippen LogP contribution in [0.4, 0.5) is 0 Å². The molecule has 1 saturated heterocycles. The molecule has 0 spiro atoms. The number of azide groups is 1. The third kappa shape index (κ3) is 6.78. The van der Waals surface area contributed by atoms with Crippen LogP contribution in [0.3, 0.4) is 0 Å². The summed E-state index contributed by atoms with van der Waals surface area (Å²) in [5.41, 5.74) is 10.7. The van der Waals surface area contributed by atoms with Gasteiger partial charge in [-0.2, -0.15) is 8.42 Å². The third-order valence-electron chi connectivity index (χ3n) is 4.65. The van der Waals surface area contributed by atoms with Crippen molar-refractivity contribution in [1.29, 1.82) is 0 Å². The second-order valence-corrected chi connectivity index (χ2v) is 8.76. The van der Waals surface area contributed by atoms with E-state index in [0.717, 1.165) is 17.4 Å². The molecule has 0 aromatic heterocycles. The quantitative estimate of drug-likeness (QED) is 0.165. The van der Waals surface area contributed by atoms with E-state index in [1.165, 1.54) is 0 Å². The molecule has 1 aliphatic heterocycles. The smallest absolute Gasteiger partial charge is 0.340 e. The highest BCUT2D eigenvalue weighted by Crippen LogP contribution is 2.28. The van der Waals surface area contributed by atoms with Crippen LogP contribution in [0, 0.1) is 0 Å². The topological polar surface area (TPSA) is 137 Å². The number of nitrogens with zero attached hydrogens (tertiary/aromatic N) is 3. The Kier molecular flexibility index (Phi) is 8.20. The number of cyclic esters (lactones) is 1. The monoisotopic (exact) mass is 461 g/mol. The van der Waals surface area contributed by atoms with E-state index in [1.54, 1.807) is 0 Å². The molecule has 0 amide bonds. The van der Waals surface area contributed by atoms with Gasteiger partial charge in [0.25, 0.3) is 10.1 Å². The Balaban J connectivity index is 1.76. The van der Waals surface area contributed by atoms with Crippen molar-refractivity contribution in [2.45, 2.75) is 37.6 Å². The zero-order valence-corrected chi connectivity index (χ0v) is 18.1. The van der Waals surface area contributed by atoms with Gasteiger partial charge in [0.1, 0.15) is 18.2 Å². The molecule has 4 atom stereocenters. The van der Waals surface area contributed by atoms with Crippen molar-refractivity contribution in [2.24, 2.45) is 5.11 Å². The summed E-state index contributed by atoms with van der Waals surface area (Å²) in [5.74, 6) is -0.917. The summed E-state index contributed by atoms with van der Waals surface area (Å²) in [6.45, 7) is 0.238. The van der Waals surface area contributed by atoms with Crippen LogP contribution in [-0.2, 0) is 46.5 Å². The fourth-order valence-corrected chi connectivity index (χ4v) is 3.80. The largest absolute Gasteiger partial charge is 0.457 e.